The van der Waals surface area contributed by atoms with Gasteiger partial charge in [0.2, 0.25) is 0 Å². The molecule has 50 heavy (non-hydrogen) atoms. The predicted molar refractivity (Wildman–Crippen MR) is 202 cm³/mol. The van der Waals surface area contributed by atoms with Crippen molar-refractivity contribution in [3.8, 4) is 11.8 Å². The minimum atomic E-state index is -0.844. The van der Waals surface area contributed by atoms with Gasteiger partial charge in [-0.25, -0.2) is 19.6 Å². The van der Waals surface area contributed by atoms with Crippen LogP contribution in [-0.4, -0.2) is 78.6 Å². The molecule has 11 nitrogen and oxygen atoms in total. The average molecular weight is 700 g/mol. The summed E-state index contributed by atoms with van der Waals surface area (Å²) in [5, 5.41) is 17.5. The van der Waals surface area contributed by atoms with E-state index in [0.717, 1.165) is 76.2 Å². The lowest BCUT2D eigenvalue weighted by molar-refractivity contribution is 0.0261. The highest BCUT2D eigenvalue weighted by atomic mass is 32.1. The number of unbranched alkanes of at least 4 members (excludes halogenated alkanes) is 1. The van der Waals surface area contributed by atoms with E-state index < -0.39 is 11.7 Å². The van der Waals surface area contributed by atoms with Gasteiger partial charge in [0, 0.05) is 31.2 Å². The third-order valence-corrected chi connectivity index (χ3v) is 8.95. The molecule has 2 N–H and O–H groups in total. The molecule has 1 saturated heterocycles. The minimum Gasteiger partial charge on any atom is -0.465 e. The largest absolute Gasteiger partial charge is 0.465 e. The normalized spacial score (nSPS) is 14.7. The molecule has 4 aromatic rings. The number of rotatable bonds is 9. The van der Waals surface area contributed by atoms with Crippen molar-refractivity contribution in [1.29, 1.82) is 0 Å². The van der Waals surface area contributed by atoms with Gasteiger partial charge in [0.25, 0.3) is 0 Å². The van der Waals surface area contributed by atoms with E-state index in [1.807, 2.05) is 50.7 Å². The molecule has 0 aliphatic carbocycles. The lowest BCUT2D eigenvalue weighted by Gasteiger charge is -2.26. The van der Waals surface area contributed by atoms with E-state index in [-0.39, 0.29) is 12.1 Å². The molecule has 3 aromatic heterocycles. The number of anilines is 2. The Labute approximate surface area is 299 Å². The van der Waals surface area contributed by atoms with Crippen molar-refractivity contribution in [2.45, 2.75) is 91.8 Å². The number of nitrogens with one attached hydrogen (secondary N) is 1. The van der Waals surface area contributed by atoms with E-state index in [1.165, 1.54) is 10.5 Å². The van der Waals surface area contributed by atoms with Crippen LogP contribution in [0.25, 0.3) is 21.1 Å². The second-order valence-electron chi connectivity index (χ2n) is 13.1. The van der Waals surface area contributed by atoms with Crippen LogP contribution in [0.1, 0.15) is 78.5 Å². The Balaban J connectivity index is 0.000000551. The molecule has 1 aromatic carbocycles. The number of nitrogens with zero attached hydrogens (tertiary/aromatic N) is 6. The van der Waals surface area contributed by atoms with Crippen LogP contribution in [0.4, 0.5) is 21.1 Å². The molecule has 1 aliphatic heterocycles. The number of likely N-dealkylation sites (tertiary alicyclic amines) is 1. The third kappa shape index (κ3) is 10.6. The summed E-state index contributed by atoms with van der Waals surface area (Å²) in [7, 11) is 1.58. The Hall–Kier alpha value is -4.89. The molecule has 5 rings (SSSR count). The number of carboxylic acid groups (broad SMARTS) is 1. The Morgan fingerprint density at radius 2 is 2.02 bits per heavy atom. The van der Waals surface area contributed by atoms with Gasteiger partial charge in [-0.2, -0.15) is 5.10 Å². The fraction of sp³-hybridized carbons (Fsp3) is 0.447. The molecule has 0 radical (unpaired) electrons. The van der Waals surface area contributed by atoms with Crippen molar-refractivity contribution in [3.05, 3.63) is 65.5 Å². The van der Waals surface area contributed by atoms with Gasteiger partial charge < -0.3 is 20.1 Å². The summed E-state index contributed by atoms with van der Waals surface area (Å²) in [6.07, 6.45) is 13.5. The van der Waals surface area contributed by atoms with Gasteiger partial charge in [-0.15, -0.1) is 11.3 Å². The van der Waals surface area contributed by atoms with Crippen molar-refractivity contribution < 1.29 is 19.4 Å². The molecular formula is C38H49N7O4S. The van der Waals surface area contributed by atoms with Crippen LogP contribution in [-0.2, 0) is 11.3 Å². The van der Waals surface area contributed by atoms with Crippen LogP contribution in [0.5, 0.6) is 0 Å². The monoisotopic (exact) mass is 699 g/mol. The van der Waals surface area contributed by atoms with Gasteiger partial charge in [0.05, 0.1) is 39.4 Å². The zero-order chi connectivity index (χ0) is 36.3. The van der Waals surface area contributed by atoms with Gasteiger partial charge in [-0.3, -0.25) is 9.58 Å². The summed E-state index contributed by atoms with van der Waals surface area (Å²) in [6.45, 7) is 13.9. The molecule has 4 heterocycles. The highest BCUT2D eigenvalue weighted by molar-refractivity contribution is 7.20. The second-order valence-corrected chi connectivity index (χ2v) is 14.1. The van der Waals surface area contributed by atoms with Gasteiger partial charge in [-0.05, 0) is 83.2 Å². The molecule has 0 bridgehead atoms. The summed E-state index contributed by atoms with van der Waals surface area (Å²) < 4.78 is 8.53. The van der Waals surface area contributed by atoms with E-state index in [0.29, 0.717) is 13.1 Å². The van der Waals surface area contributed by atoms with Crippen LogP contribution in [0.3, 0.4) is 0 Å². The van der Waals surface area contributed by atoms with Crippen LogP contribution in [0, 0.1) is 11.8 Å². The van der Waals surface area contributed by atoms with Crippen molar-refractivity contribution in [2.75, 3.05) is 25.5 Å². The number of hydrogen-bond acceptors (Lipinski definition) is 8. The van der Waals surface area contributed by atoms with E-state index in [1.54, 1.807) is 29.6 Å². The summed E-state index contributed by atoms with van der Waals surface area (Å²) in [4.78, 5) is 35.6. The Morgan fingerprint density at radius 3 is 2.72 bits per heavy atom. The number of allylic oxidation sites excluding steroid dienone is 4. The zero-order valence-corrected chi connectivity index (χ0v) is 31.0. The quantitative estimate of drug-likeness (QED) is 0.131. The van der Waals surface area contributed by atoms with Gasteiger partial charge in [0.1, 0.15) is 11.9 Å². The van der Waals surface area contributed by atoms with Crippen LogP contribution >= 0.6 is 11.3 Å². The SMILES string of the molecule is C/C=C(\C=C/CC)Cn1ncc2cc(Nc3ncnc4cc(C#CC5CCCN5C(=O)OC(C)(C)C)sc34)ccc21.CCCCN(C)C(=O)O. The fourth-order valence-corrected chi connectivity index (χ4v) is 6.13. The van der Waals surface area contributed by atoms with Crippen molar-refractivity contribution in [1.82, 2.24) is 29.5 Å². The van der Waals surface area contributed by atoms with E-state index >= 15 is 0 Å². The molecular weight excluding hydrogens is 651 g/mol. The lowest BCUT2D eigenvalue weighted by Crippen LogP contribution is -2.39. The molecule has 1 unspecified atom stereocenters. The van der Waals surface area contributed by atoms with Crippen molar-refractivity contribution in [2.24, 2.45) is 0 Å². The first-order valence-corrected chi connectivity index (χ1v) is 18.0. The lowest BCUT2D eigenvalue weighted by atomic mass is 10.2. The smallest absolute Gasteiger partial charge is 0.411 e. The Kier molecular flexibility index (Phi) is 13.4. The third-order valence-electron chi connectivity index (χ3n) is 7.90. The molecule has 1 atom stereocenters. The van der Waals surface area contributed by atoms with E-state index in [9.17, 15) is 9.59 Å². The number of carbonyl (C=O) groups excluding carboxylic acids is 1. The number of ether oxygens (including phenoxy) is 1. The standard InChI is InChI=1S/C32H36N6O2S.C6H13NO2/c1-6-8-10-22(7-2)20-38-28-15-12-24(17-23(28)19-35-38)36-30-29-27(33-21-34-30)18-26(41-29)14-13-25-11-9-16-37(25)31(39)40-32(3,4)5;1-3-4-5-7(2)6(8)9/h7-8,10,12,15,17-19,21,25H,6,9,11,16,20H2,1-5H3,(H,33,34,36);3-5H2,1-2H3,(H,8,9)/b10-8-,22-7+;. The molecule has 0 spiro atoms. The van der Waals surface area contributed by atoms with Crippen molar-refractivity contribution in [3.63, 3.8) is 0 Å². The number of carbonyl (C=O) groups is 2. The number of hydrogen-bond donors (Lipinski definition) is 2. The molecule has 1 aliphatic rings. The number of aromatic nitrogens is 4. The highest BCUT2D eigenvalue weighted by Crippen LogP contribution is 2.32. The maximum atomic E-state index is 12.6. The first kappa shape index (κ1) is 37.9. The maximum Gasteiger partial charge on any atom is 0.411 e. The van der Waals surface area contributed by atoms with Crippen molar-refractivity contribution >= 4 is 56.1 Å². The summed E-state index contributed by atoms with van der Waals surface area (Å²) in [6, 6.07) is 8.04. The topological polar surface area (TPSA) is 126 Å². The first-order chi connectivity index (χ1) is 23.9. The minimum absolute atomic E-state index is 0.155. The van der Waals surface area contributed by atoms with Crippen LogP contribution < -0.4 is 5.32 Å². The zero-order valence-electron chi connectivity index (χ0n) is 30.2. The Morgan fingerprint density at radius 1 is 1.22 bits per heavy atom. The molecule has 1 fully saturated rings. The van der Waals surface area contributed by atoms with Gasteiger partial charge >= 0.3 is 12.2 Å². The number of benzene rings is 1. The molecule has 0 saturated carbocycles. The summed E-state index contributed by atoms with van der Waals surface area (Å²) >= 11 is 1.54. The predicted octanol–water partition coefficient (Wildman–Crippen LogP) is 8.84. The molecule has 2 amide bonds. The Bertz CT molecular complexity index is 1890. The van der Waals surface area contributed by atoms with Crippen LogP contribution in [0.2, 0.25) is 0 Å². The highest BCUT2D eigenvalue weighted by Gasteiger charge is 2.31. The first-order valence-electron chi connectivity index (χ1n) is 17.2. The molecule has 12 heteroatoms. The fourth-order valence-electron chi connectivity index (χ4n) is 5.22. The summed E-state index contributed by atoms with van der Waals surface area (Å²) in [5.74, 6) is 7.31. The number of fused-ring (bicyclic) bond motifs is 2. The summed E-state index contributed by atoms with van der Waals surface area (Å²) in [5.41, 5.74) is 3.53. The van der Waals surface area contributed by atoms with E-state index in [4.69, 9.17) is 9.84 Å². The number of thiophene rings is 1. The second kappa shape index (κ2) is 17.7. The van der Waals surface area contributed by atoms with Gasteiger partial charge in [0.15, 0.2) is 5.82 Å². The average Bonchev–Trinajstić information content (AvgIpc) is 3.82. The van der Waals surface area contributed by atoms with Crippen LogP contribution in [0.15, 0.2) is 60.6 Å². The molecule has 266 valence electrons. The van der Waals surface area contributed by atoms with Gasteiger partial charge in [-0.1, -0.05) is 50.3 Å². The van der Waals surface area contributed by atoms with E-state index in [2.05, 4.69) is 76.4 Å². The number of amides is 2. The maximum absolute atomic E-state index is 12.6.